The fourth-order valence-corrected chi connectivity index (χ4v) is 5.06. The minimum Gasteiger partial charge on any atom is -0.335 e. The van der Waals surface area contributed by atoms with Crippen LogP contribution in [0, 0.1) is 0 Å². The predicted octanol–water partition coefficient (Wildman–Crippen LogP) is 1.19. The van der Waals surface area contributed by atoms with Crippen molar-refractivity contribution in [2.75, 3.05) is 18.1 Å². The smallest absolute Gasteiger partial charge is 0.255 e. The van der Waals surface area contributed by atoms with Gasteiger partial charge in [0.2, 0.25) is 0 Å². The van der Waals surface area contributed by atoms with Crippen LogP contribution < -0.4 is 5.56 Å². The molecule has 128 valence electrons. The summed E-state index contributed by atoms with van der Waals surface area (Å²) in [4.78, 5) is 26.8. The zero-order chi connectivity index (χ0) is 17.5. The van der Waals surface area contributed by atoms with Gasteiger partial charge in [0.15, 0.2) is 9.84 Å². The molecule has 0 bridgehead atoms. The van der Waals surface area contributed by atoms with Crippen LogP contribution in [0.1, 0.15) is 23.7 Å². The number of rotatable bonds is 3. The second-order valence-corrected chi connectivity index (χ2v) is 8.35. The molecule has 6 nitrogen and oxygen atoms in total. The first kappa shape index (κ1) is 16.7. The van der Waals surface area contributed by atoms with Crippen molar-refractivity contribution < 1.29 is 13.2 Å². The van der Waals surface area contributed by atoms with Crippen LogP contribution in [-0.4, -0.2) is 47.9 Å². The molecule has 1 fully saturated rings. The van der Waals surface area contributed by atoms with Gasteiger partial charge >= 0.3 is 0 Å². The molecule has 1 amide bonds. The number of benzene rings is 1. The highest BCUT2D eigenvalue weighted by Gasteiger charge is 2.34. The number of hydrogen-bond acceptors (Lipinski definition) is 4. The molecule has 7 heteroatoms. The summed E-state index contributed by atoms with van der Waals surface area (Å²) in [7, 11) is -1.42. The molecular weight excluding hydrogens is 328 g/mol. The van der Waals surface area contributed by atoms with E-state index in [1.54, 1.807) is 24.1 Å². The molecule has 1 aliphatic heterocycles. The van der Waals surface area contributed by atoms with E-state index in [4.69, 9.17) is 0 Å². The number of sulfone groups is 1. The van der Waals surface area contributed by atoms with Crippen molar-refractivity contribution in [3.8, 4) is 0 Å². The van der Waals surface area contributed by atoms with E-state index in [0.717, 1.165) is 0 Å². The van der Waals surface area contributed by atoms with Gasteiger partial charge in [-0.1, -0.05) is 18.2 Å². The first-order valence-corrected chi connectivity index (χ1v) is 9.76. The molecule has 0 aliphatic carbocycles. The Morgan fingerprint density at radius 3 is 2.67 bits per heavy atom. The number of aromatic nitrogens is 1. The van der Waals surface area contributed by atoms with Gasteiger partial charge in [-0.3, -0.25) is 9.59 Å². The second kappa shape index (κ2) is 6.05. The van der Waals surface area contributed by atoms with Gasteiger partial charge in [0.25, 0.3) is 11.5 Å². The fraction of sp³-hybridized carbons (Fsp3) is 0.412. The van der Waals surface area contributed by atoms with Crippen molar-refractivity contribution in [3.05, 3.63) is 46.2 Å². The number of hydrogen-bond donors (Lipinski definition) is 0. The summed E-state index contributed by atoms with van der Waals surface area (Å²) in [5, 5.41) is 0.698. The van der Waals surface area contributed by atoms with Gasteiger partial charge in [-0.05, 0) is 19.4 Å². The van der Waals surface area contributed by atoms with Crippen LogP contribution in [0.3, 0.4) is 0 Å². The van der Waals surface area contributed by atoms with E-state index >= 15 is 0 Å². The molecule has 0 saturated carbocycles. The van der Waals surface area contributed by atoms with Crippen LogP contribution in [-0.2, 0) is 16.9 Å². The molecule has 0 N–H and O–H groups in total. The topological polar surface area (TPSA) is 76.5 Å². The Labute approximate surface area is 140 Å². The van der Waals surface area contributed by atoms with Crippen LogP contribution in [0.2, 0.25) is 0 Å². The van der Waals surface area contributed by atoms with Crippen LogP contribution in [0.25, 0.3) is 10.9 Å². The van der Waals surface area contributed by atoms with Crippen LogP contribution in [0.4, 0.5) is 0 Å². The monoisotopic (exact) mass is 348 g/mol. The maximum absolute atomic E-state index is 13.0. The lowest BCUT2D eigenvalue weighted by atomic mass is 10.1. The van der Waals surface area contributed by atoms with Gasteiger partial charge in [-0.2, -0.15) is 0 Å². The van der Waals surface area contributed by atoms with Crippen molar-refractivity contribution in [3.63, 3.8) is 0 Å². The molecule has 3 rings (SSSR count). The maximum Gasteiger partial charge on any atom is 0.255 e. The average molecular weight is 348 g/mol. The van der Waals surface area contributed by atoms with E-state index in [9.17, 15) is 18.0 Å². The molecule has 1 aliphatic rings. The van der Waals surface area contributed by atoms with Crippen molar-refractivity contribution in [1.29, 1.82) is 0 Å². The Morgan fingerprint density at radius 2 is 2.04 bits per heavy atom. The highest BCUT2D eigenvalue weighted by atomic mass is 32.2. The van der Waals surface area contributed by atoms with Gasteiger partial charge in [0.05, 0.1) is 22.6 Å². The number of amides is 1. The van der Waals surface area contributed by atoms with Crippen molar-refractivity contribution >= 4 is 26.6 Å². The predicted molar refractivity (Wildman–Crippen MR) is 93.0 cm³/mol. The summed E-state index contributed by atoms with van der Waals surface area (Å²) in [6.45, 7) is 2.23. The molecule has 1 unspecified atom stereocenters. The Kier molecular flexibility index (Phi) is 4.21. The zero-order valence-electron chi connectivity index (χ0n) is 13.7. The number of para-hydroxylation sites is 1. The fourth-order valence-electron chi connectivity index (χ4n) is 3.33. The number of carbonyl (C=O) groups is 1. The van der Waals surface area contributed by atoms with E-state index in [1.807, 2.05) is 19.1 Å². The molecule has 1 aromatic carbocycles. The maximum atomic E-state index is 13.0. The van der Waals surface area contributed by atoms with E-state index in [2.05, 4.69) is 0 Å². The third kappa shape index (κ3) is 2.84. The Balaban J connectivity index is 2.08. The van der Waals surface area contributed by atoms with E-state index in [1.165, 1.54) is 10.6 Å². The lowest BCUT2D eigenvalue weighted by Crippen LogP contribution is -2.41. The average Bonchev–Trinajstić information content (AvgIpc) is 2.91. The minimum absolute atomic E-state index is 0.00461. The van der Waals surface area contributed by atoms with Gasteiger partial charge in [-0.25, -0.2) is 8.42 Å². The van der Waals surface area contributed by atoms with E-state index in [0.29, 0.717) is 29.4 Å². The highest BCUT2D eigenvalue weighted by Crippen LogP contribution is 2.23. The van der Waals surface area contributed by atoms with E-state index < -0.39 is 9.84 Å². The Morgan fingerprint density at radius 1 is 1.33 bits per heavy atom. The van der Waals surface area contributed by atoms with Crippen LogP contribution in [0.15, 0.2) is 35.1 Å². The second-order valence-electron chi connectivity index (χ2n) is 6.12. The Bertz CT molecular complexity index is 962. The zero-order valence-corrected chi connectivity index (χ0v) is 14.5. The third-order valence-corrected chi connectivity index (χ3v) is 6.39. The molecule has 2 heterocycles. The van der Waals surface area contributed by atoms with Gasteiger partial charge in [-0.15, -0.1) is 0 Å². The normalized spacial score (nSPS) is 19.5. The van der Waals surface area contributed by atoms with Crippen LogP contribution in [0.5, 0.6) is 0 Å². The third-order valence-electron chi connectivity index (χ3n) is 4.64. The molecule has 2 aromatic rings. The van der Waals surface area contributed by atoms with E-state index in [-0.39, 0.29) is 29.0 Å². The van der Waals surface area contributed by atoms with Crippen molar-refractivity contribution in [2.24, 2.45) is 7.05 Å². The molecular formula is C17H20N2O4S. The SMILES string of the molecule is CCN(C(=O)c1cc(=O)n(C)c2ccccc12)C1CCS(=O)(=O)C1. The molecule has 1 atom stereocenters. The number of nitrogens with zero attached hydrogens (tertiary/aromatic N) is 2. The quantitative estimate of drug-likeness (QED) is 0.835. The highest BCUT2D eigenvalue weighted by molar-refractivity contribution is 7.91. The number of fused-ring (bicyclic) bond motifs is 1. The van der Waals surface area contributed by atoms with Gasteiger partial charge in [0, 0.05) is 31.1 Å². The van der Waals surface area contributed by atoms with Gasteiger partial charge < -0.3 is 9.47 Å². The van der Waals surface area contributed by atoms with Crippen molar-refractivity contribution in [2.45, 2.75) is 19.4 Å². The standard InChI is InChI=1S/C17H20N2O4S/c1-3-19(12-8-9-24(22,23)11-12)17(21)14-10-16(20)18(2)15-7-5-4-6-13(14)15/h4-7,10,12H,3,8-9,11H2,1-2H3. The molecule has 0 radical (unpaired) electrons. The lowest BCUT2D eigenvalue weighted by Gasteiger charge is -2.27. The number of carbonyl (C=O) groups excluding carboxylic acids is 1. The number of aryl methyl sites for hydroxylation is 1. The summed E-state index contributed by atoms with van der Waals surface area (Å²) in [6, 6.07) is 8.26. The van der Waals surface area contributed by atoms with Crippen molar-refractivity contribution in [1.82, 2.24) is 9.47 Å². The summed E-state index contributed by atoms with van der Waals surface area (Å²) >= 11 is 0. The summed E-state index contributed by atoms with van der Waals surface area (Å²) < 4.78 is 25.0. The first-order chi connectivity index (χ1) is 11.3. The van der Waals surface area contributed by atoms with Gasteiger partial charge in [0.1, 0.15) is 0 Å². The molecule has 24 heavy (non-hydrogen) atoms. The summed E-state index contributed by atoms with van der Waals surface area (Å²) in [6.07, 6.45) is 0.449. The molecule has 1 aromatic heterocycles. The summed E-state index contributed by atoms with van der Waals surface area (Å²) in [5.74, 6) is -0.179. The first-order valence-electron chi connectivity index (χ1n) is 7.94. The summed E-state index contributed by atoms with van der Waals surface area (Å²) in [5.41, 5.74) is 0.760. The Hall–Kier alpha value is -2.15. The minimum atomic E-state index is -3.08. The largest absolute Gasteiger partial charge is 0.335 e. The molecule has 0 spiro atoms. The van der Waals surface area contributed by atoms with Crippen LogP contribution >= 0.6 is 0 Å². The number of pyridine rings is 1. The lowest BCUT2D eigenvalue weighted by molar-refractivity contribution is 0.0710. The molecule has 1 saturated heterocycles.